The molecule has 0 saturated carbocycles. The van der Waals surface area contributed by atoms with E-state index in [4.69, 9.17) is 4.74 Å². The monoisotopic (exact) mass is 443 g/mol. The summed E-state index contributed by atoms with van der Waals surface area (Å²) in [6.45, 7) is 8.25. The molecule has 0 aliphatic rings. The molecule has 1 N–H and O–H groups in total. The Hall–Kier alpha value is -3.71. The molecule has 0 spiro atoms. The van der Waals surface area contributed by atoms with Gasteiger partial charge in [-0.05, 0) is 36.9 Å². The van der Waals surface area contributed by atoms with E-state index in [0.29, 0.717) is 30.2 Å². The number of amides is 1. The Morgan fingerprint density at radius 2 is 1.79 bits per heavy atom. The number of hydrogen-bond donors (Lipinski definition) is 1. The maximum absolute atomic E-state index is 12.9. The molecule has 0 aliphatic heterocycles. The molecule has 0 bridgehead atoms. The molecule has 170 valence electrons. The van der Waals surface area contributed by atoms with Crippen LogP contribution in [0.25, 0.3) is 11.0 Å². The second kappa shape index (κ2) is 10.7. The number of rotatable bonds is 10. The van der Waals surface area contributed by atoms with Gasteiger partial charge in [-0.25, -0.2) is 9.67 Å². The second-order valence-corrected chi connectivity index (χ2v) is 7.75. The van der Waals surface area contributed by atoms with E-state index >= 15 is 0 Å². The van der Waals surface area contributed by atoms with E-state index in [2.05, 4.69) is 46.3 Å². The summed E-state index contributed by atoms with van der Waals surface area (Å²) in [6.07, 6.45) is 3.33. The molecule has 2 aromatic carbocycles. The van der Waals surface area contributed by atoms with E-state index < -0.39 is 0 Å². The molecule has 7 nitrogen and oxygen atoms in total. The Bertz CT molecular complexity index is 1200. The molecule has 4 aromatic rings. The number of ether oxygens (including phenoxy) is 1. The Morgan fingerprint density at radius 1 is 1.03 bits per heavy atom. The summed E-state index contributed by atoms with van der Waals surface area (Å²) in [7, 11) is 0. The highest BCUT2D eigenvalue weighted by molar-refractivity contribution is 6.06. The summed E-state index contributed by atoms with van der Waals surface area (Å²) < 4.78 is 7.79. The minimum atomic E-state index is -0.236. The Balaban J connectivity index is 1.45. The van der Waals surface area contributed by atoms with Gasteiger partial charge in [-0.2, -0.15) is 5.10 Å². The van der Waals surface area contributed by atoms with Crippen LogP contribution in [0.4, 0.5) is 5.69 Å². The number of benzene rings is 2. The highest BCUT2D eigenvalue weighted by atomic mass is 16.5. The molecular weight excluding hydrogens is 414 g/mol. The molecule has 0 radical (unpaired) electrons. The predicted molar refractivity (Wildman–Crippen MR) is 131 cm³/mol. The summed E-state index contributed by atoms with van der Waals surface area (Å²) in [5.74, 6) is 0.419. The van der Waals surface area contributed by atoms with Crippen LogP contribution in [0.15, 0.2) is 73.1 Å². The minimum Gasteiger partial charge on any atom is -0.490 e. The Morgan fingerprint density at radius 3 is 2.58 bits per heavy atom. The molecule has 4 rings (SSSR count). The predicted octanol–water partition coefficient (Wildman–Crippen LogP) is 4.45. The van der Waals surface area contributed by atoms with E-state index in [1.54, 1.807) is 12.4 Å². The number of likely N-dealkylation sites (N-methyl/N-ethyl adjacent to an activating group) is 1. The number of para-hydroxylation sites is 2. The molecule has 0 saturated heterocycles. The average molecular weight is 444 g/mol. The summed E-state index contributed by atoms with van der Waals surface area (Å²) in [5, 5.41) is 8.23. The topological polar surface area (TPSA) is 72.3 Å². The number of nitrogens with one attached hydrogen (secondary N) is 1. The van der Waals surface area contributed by atoms with Crippen molar-refractivity contribution >= 4 is 22.6 Å². The third-order valence-corrected chi connectivity index (χ3v) is 5.61. The van der Waals surface area contributed by atoms with Gasteiger partial charge in [-0.3, -0.25) is 4.79 Å². The van der Waals surface area contributed by atoms with Crippen molar-refractivity contribution in [1.82, 2.24) is 19.7 Å². The van der Waals surface area contributed by atoms with Crippen LogP contribution >= 0.6 is 0 Å². The molecule has 2 heterocycles. The van der Waals surface area contributed by atoms with Gasteiger partial charge >= 0.3 is 0 Å². The summed E-state index contributed by atoms with van der Waals surface area (Å²) in [5.41, 5.74) is 3.00. The molecule has 2 aromatic heterocycles. The Labute approximate surface area is 194 Å². The number of hydrogen-bond acceptors (Lipinski definition) is 5. The lowest BCUT2D eigenvalue weighted by Crippen LogP contribution is -2.28. The van der Waals surface area contributed by atoms with Gasteiger partial charge in [0.2, 0.25) is 0 Å². The van der Waals surface area contributed by atoms with E-state index in [0.717, 1.165) is 36.2 Å². The van der Waals surface area contributed by atoms with Gasteiger partial charge in [-0.15, -0.1) is 0 Å². The fourth-order valence-electron chi connectivity index (χ4n) is 3.68. The fourth-order valence-corrected chi connectivity index (χ4v) is 3.68. The zero-order valence-electron chi connectivity index (χ0n) is 19.1. The van der Waals surface area contributed by atoms with Crippen molar-refractivity contribution in [2.24, 2.45) is 0 Å². The van der Waals surface area contributed by atoms with E-state index in [1.165, 1.54) is 0 Å². The first-order valence-electron chi connectivity index (χ1n) is 11.3. The molecule has 33 heavy (non-hydrogen) atoms. The largest absolute Gasteiger partial charge is 0.490 e. The SMILES string of the molecule is CCN(CC)CCOc1ccccc1NC(=O)c1cnc2c(cnn2Cc2ccccc2)c1. The molecular formula is C26H29N5O2. The Kier molecular flexibility index (Phi) is 7.32. The number of carbonyl (C=O) groups excluding carboxylic acids is 1. The fraction of sp³-hybridized carbons (Fsp3) is 0.269. The van der Waals surface area contributed by atoms with Crippen LogP contribution in [0.3, 0.4) is 0 Å². The van der Waals surface area contributed by atoms with Gasteiger partial charge in [-0.1, -0.05) is 56.3 Å². The van der Waals surface area contributed by atoms with Crippen LogP contribution in [-0.2, 0) is 6.54 Å². The zero-order chi connectivity index (χ0) is 23.0. The smallest absolute Gasteiger partial charge is 0.257 e. The summed E-state index contributed by atoms with van der Waals surface area (Å²) >= 11 is 0. The van der Waals surface area contributed by atoms with Gasteiger partial charge in [0.25, 0.3) is 5.91 Å². The van der Waals surface area contributed by atoms with Gasteiger partial charge in [0.15, 0.2) is 5.65 Å². The molecule has 0 fully saturated rings. The van der Waals surface area contributed by atoms with Gasteiger partial charge in [0, 0.05) is 18.1 Å². The highest BCUT2D eigenvalue weighted by Gasteiger charge is 2.13. The lowest BCUT2D eigenvalue weighted by molar-refractivity contribution is 0.102. The minimum absolute atomic E-state index is 0.236. The van der Waals surface area contributed by atoms with Crippen LogP contribution in [0.1, 0.15) is 29.8 Å². The third-order valence-electron chi connectivity index (χ3n) is 5.61. The normalized spacial score (nSPS) is 11.1. The quantitative estimate of drug-likeness (QED) is 0.392. The molecule has 7 heteroatoms. The number of anilines is 1. The van der Waals surface area contributed by atoms with Crippen LogP contribution < -0.4 is 10.1 Å². The van der Waals surface area contributed by atoms with Crippen molar-refractivity contribution < 1.29 is 9.53 Å². The van der Waals surface area contributed by atoms with E-state index in [9.17, 15) is 4.79 Å². The first kappa shape index (κ1) is 22.5. The molecule has 0 aliphatic carbocycles. The van der Waals surface area contributed by atoms with Gasteiger partial charge in [0.1, 0.15) is 12.4 Å². The van der Waals surface area contributed by atoms with Gasteiger partial charge < -0.3 is 15.0 Å². The van der Waals surface area contributed by atoms with E-state index in [-0.39, 0.29) is 5.91 Å². The van der Waals surface area contributed by atoms with E-state index in [1.807, 2.05) is 53.2 Å². The second-order valence-electron chi connectivity index (χ2n) is 7.75. The van der Waals surface area contributed by atoms with Crippen molar-refractivity contribution in [2.45, 2.75) is 20.4 Å². The lowest BCUT2D eigenvalue weighted by atomic mass is 10.2. The number of aromatic nitrogens is 3. The van der Waals surface area contributed by atoms with Crippen LogP contribution in [-0.4, -0.2) is 51.8 Å². The van der Waals surface area contributed by atoms with Crippen LogP contribution in [0.5, 0.6) is 5.75 Å². The van der Waals surface area contributed by atoms with Crippen molar-refractivity contribution in [3.8, 4) is 5.75 Å². The zero-order valence-corrected chi connectivity index (χ0v) is 19.1. The first-order chi connectivity index (χ1) is 16.2. The average Bonchev–Trinajstić information content (AvgIpc) is 3.25. The molecule has 0 unspecified atom stereocenters. The highest BCUT2D eigenvalue weighted by Crippen LogP contribution is 2.25. The molecule has 0 atom stereocenters. The maximum Gasteiger partial charge on any atom is 0.257 e. The van der Waals surface area contributed by atoms with Crippen molar-refractivity contribution in [3.05, 3.63) is 84.2 Å². The number of fused-ring (bicyclic) bond motifs is 1. The maximum atomic E-state index is 12.9. The van der Waals surface area contributed by atoms with Crippen molar-refractivity contribution in [1.29, 1.82) is 0 Å². The number of pyridine rings is 1. The molecule has 1 amide bonds. The van der Waals surface area contributed by atoms with Crippen molar-refractivity contribution in [3.63, 3.8) is 0 Å². The summed E-state index contributed by atoms with van der Waals surface area (Å²) in [6, 6.07) is 19.4. The van der Waals surface area contributed by atoms with Crippen molar-refractivity contribution in [2.75, 3.05) is 31.6 Å². The number of carbonyl (C=O) groups is 1. The number of nitrogens with zero attached hydrogens (tertiary/aromatic N) is 4. The first-order valence-corrected chi connectivity index (χ1v) is 11.3. The van der Waals surface area contributed by atoms with Crippen LogP contribution in [0.2, 0.25) is 0 Å². The third kappa shape index (κ3) is 5.56. The van der Waals surface area contributed by atoms with Gasteiger partial charge in [0.05, 0.1) is 24.0 Å². The summed E-state index contributed by atoms with van der Waals surface area (Å²) in [4.78, 5) is 19.7. The van der Waals surface area contributed by atoms with Crippen LogP contribution in [0, 0.1) is 0 Å². The lowest BCUT2D eigenvalue weighted by Gasteiger charge is -2.19. The standard InChI is InChI=1S/C26H29N5O2/c1-3-30(4-2)14-15-33-24-13-9-8-12-23(24)29-26(32)22-16-21-18-28-31(25(21)27-17-22)19-20-10-6-5-7-11-20/h5-13,16-18H,3-4,14-15,19H2,1-2H3,(H,29,32).